The van der Waals surface area contributed by atoms with Crippen LogP contribution in [0.4, 0.5) is 0 Å². The van der Waals surface area contributed by atoms with Crippen LogP contribution >= 0.6 is 0 Å². The van der Waals surface area contributed by atoms with E-state index < -0.39 is 15.9 Å². The molecule has 0 aromatic carbocycles. The van der Waals surface area contributed by atoms with Gasteiger partial charge in [0.05, 0.1) is 6.61 Å². The SMILES string of the molecule is CCOCCS([O])(=O)=O. The van der Waals surface area contributed by atoms with E-state index in [-0.39, 0.29) is 6.61 Å². The fourth-order valence-corrected chi connectivity index (χ4v) is 0.627. The molecule has 9 heavy (non-hydrogen) atoms. The third-order valence-corrected chi connectivity index (χ3v) is 1.35. The highest BCUT2D eigenvalue weighted by molar-refractivity contribution is 7.85. The van der Waals surface area contributed by atoms with E-state index >= 15 is 0 Å². The highest BCUT2D eigenvalue weighted by Crippen LogP contribution is 1.83. The lowest BCUT2D eigenvalue weighted by atomic mass is 10.8. The van der Waals surface area contributed by atoms with Crippen molar-refractivity contribution in [2.24, 2.45) is 0 Å². The zero-order valence-corrected chi connectivity index (χ0v) is 5.98. The first-order valence-electron chi connectivity index (χ1n) is 2.57. The summed E-state index contributed by atoms with van der Waals surface area (Å²) in [5.74, 6) is -0.430. The molecule has 1 radical (unpaired) electrons. The fraction of sp³-hybridized carbons (Fsp3) is 1.00. The van der Waals surface area contributed by atoms with E-state index in [0.29, 0.717) is 6.61 Å². The molecule has 0 saturated carbocycles. The molecule has 0 N–H and O–H groups in total. The van der Waals surface area contributed by atoms with Crippen LogP contribution in [-0.4, -0.2) is 27.4 Å². The Kier molecular flexibility index (Phi) is 3.76. The van der Waals surface area contributed by atoms with Gasteiger partial charge >= 0.3 is 0 Å². The van der Waals surface area contributed by atoms with Gasteiger partial charge in [0.25, 0.3) is 10.1 Å². The molecule has 55 valence electrons. The topological polar surface area (TPSA) is 63.3 Å². The maximum Gasteiger partial charge on any atom is 0.296 e. The quantitative estimate of drug-likeness (QED) is 0.524. The monoisotopic (exact) mass is 153 g/mol. The number of ether oxygens (including phenoxy) is 1. The zero-order chi connectivity index (χ0) is 7.33. The molecular formula is C4H9O4S. The lowest BCUT2D eigenvalue weighted by molar-refractivity contribution is 0.161. The second kappa shape index (κ2) is 3.81. The van der Waals surface area contributed by atoms with Crippen LogP contribution < -0.4 is 0 Å². The Labute approximate surface area is 54.6 Å². The van der Waals surface area contributed by atoms with Crippen LogP contribution in [-0.2, 0) is 19.4 Å². The molecule has 0 spiro atoms. The standard InChI is InChI=1S/C4H9O4S/c1-2-8-3-4-9(5,6)7/h2-4H2,1H3. The van der Waals surface area contributed by atoms with Crippen LogP contribution in [0.2, 0.25) is 0 Å². The molecule has 0 aromatic rings. The summed E-state index contributed by atoms with van der Waals surface area (Å²) < 4.78 is 34.2. The highest BCUT2D eigenvalue weighted by Gasteiger charge is 2.04. The van der Waals surface area contributed by atoms with E-state index in [2.05, 4.69) is 4.74 Å². The van der Waals surface area contributed by atoms with Crippen molar-refractivity contribution in [3.8, 4) is 0 Å². The van der Waals surface area contributed by atoms with Crippen LogP contribution in [0.5, 0.6) is 0 Å². The predicted octanol–water partition coefficient (Wildman–Crippen LogP) is -0.217. The Bertz CT molecular complexity index is 148. The summed E-state index contributed by atoms with van der Waals surface area (Å²) in [7, 11) is -4.07. The van der Waals surface area contributed by atoms with Crippen LogP contribution in [0, 0.1) is 0 Å². The van der Waals surface area contributed by atoms with Crippen LogP contribution in [0.1, 0.15) is 6.92 Å². The second-order valence-electron chi connectivity index (χ2n) is 1.46. The first kappa shape index (κ1) is 8.87. The van der Waals surface area contributed by atoms with Gasteiger partial charge in [-0.05, 0) is 6.92 Å². The fourth-order valence-electron chi connectivity index (χ4n) is 0.305. The molecule has 0 aliphatic carbocycles. The normalized spacial score (nSPS) is 11.8. The molecule has 0 saturated heterocycles. The zero-order valence-electron chi connectivity index (χ0n) is 5.16. The molecule has 0 rings (SSSR count). The summed E-state index contributed by atoms with van der Waals surface area (Å²) in [6.45, 7) is 2.18. The minimum absolute atomic E-state index is 0.00231. The average Bonchev–Trinajstić information content (AvgIpc) is 1.63. The molecule has 0 unspecified atom stereocenters. The van der Waals surface area contributed by atoms with Crippen molar-refractivity contribution in [3.05, 3.63) is 0 Å². The van der Waals surface area contributed by atoms with E-state index in [1.807, 2.05) is 0 Å². The van der Waals surface area contributed by atoms with Gasteiger partial charge in [-0.1, -0.05) is 4.55 Å². The van der Waals surface area contributed by atoms with E-state index in [9.17, 15) is 13.0 Å². The number of hydrogen-bond donors (Lipinski definition) is 0. The Balaban J connectivity index is 3.30. The van der Waals surface area contributed by atoms with Gasteiger partial charge in [-0.3, -0.25) is 0 Å². The molecule has 0 fully saturated rings. The summed E-state index contributed by atoms with van der Waals surface area (Å²) in [5.41, 5.74) is 0. The molecule has 0 aliphatic rings. The molecule has 0 atom stereocenters. The van der Waals surface area contributed by atoms with E-state index in [0.717, 1.165) is 0 Å². The molecule has 0 heterocycles. The van der Waals surface area contributed by atoms with Gasteiger partial charge in [-0.2, -0.15) is 8.42 Å². The molecule has 0 aliphatic heterocycles. The van der Waals surface area contributed by atoms with E-state index in [4.69, 9.17) is 0 Å². The van der Waals surface area contributed by atoms with Crippen molar-refractivity contribution < 1.29 is 17.7 Å². The molecule has 0 amide bonds. The summed E-state index contributed by atoms with van der Waals surface area (Å²) >= 11 is 0. The lowest BCUT2D eigenvalue weighted by Crippen LogP contribution is -2.09. The van der Waals surface area contributed by atoms with Crippen molar-refractivity contribution in [3.63, 3.8) is 0 Å². The van der Waals surface area contributed by atoms with Crippen molar-refractivity contribution >= 4 is 10.1 Å². The summed E-state index contributed by atoms with van der Waals surface area (Å²) in [4.78, 5) is 0. The van der Waals surface area contributed by atoms with Gasteiger partial charge in [-0.25, -0.2) is 0 Å². The number of rotatable bonds is 4. The van der Waals surface area contributed by atoms with Gasteiger partial charge in [0.2, 0.25) is 0 Å². The van der Waals surface area contributed by atoms with Crippen molar-refractivity contribution in [2.75, 3.05) is 19.0 Å². The van der Waals surface area contributed by atoms with E-state index in [1.165, 1.54) is 0 Å². The Morgan fingerprint density at radius 3 is 2.33 bits per heavy atom. The van der Waals surface area contributed by atoms with E-state index in [1.54, 1.807) is 6.92 Å². The predicted molar refractivity (Wildman–Crippen MR) is 31.0 cm³/mol. The van der Waals surface area contributed by atoms with Crippen molar-refractivity contribution in [2.45, 2.75) is 6.92 Å². The Morgan fingerprint density at radius 1 is 1.44 bits per heavy atom. The minimum Gasteiger partial charge on any atom is -0.381 e. The van der Waals surface area contributed by atoms with Crippen molar-refractivity contribution in [1.82, 2.24) is 0 Å². The second-order valence-corrected chi connectivity index (χ2v) is 2.98. The van der Waals surface area contributed by atoms with Gasteiger partial charge < -0.3 is 4.74 Å². The summed E-state index contributed by atoms with van der Waals surface area (Å²) in [6, 6.07) is 0. The average molecular weight is 153 g/mol. The first-order chi connectivity index (χ1) is 4.06. The maximum atomic E-state index is 9.87. The Hall–Kier alpha value is -0.130. The molecule has 5 heteroatoms. The summed E-state index contributed by atoms with van der Waals surface area (Å²) in [5, 5.41) is 0. The first-order valence-corrected chi connectivity index (χ1v) is 4.15. The van der Waals surface area contributed by atoms with Gasteiger partial charge in [0, 0.05) is 6.61 Å². The number of hydrogen-bond acceptors (Lipinski definition) is 3. The smallest absolute Gasteiger partial charge is 0.296 e. The van der Waals surface area contributed by atoms with Crippen molar-refractivity contribution in [1.29, 1.82) is 0 Å². The van der Waals surface area contributed by atoms with Crippen LogP contribution in [0.15, 0.2) is 0 Å². The molecule has 0 bridgehead atoms. The van der Waals surface area contributed by atoms with Gasteiger partial charge in [0.15, 0.2) is 0 Å². The third-order valence-electron chi connectivity index (χ3n) is 0.682. The molecule has 4 nitrogen and oxygen atoms in total. The molecule has 0 aromatic heterocycles. The highest BCUT2D eigenvalue weighted by atomic mass is 32.2. The lowest BCUT2D eigenvalue weighted by Gasteiger charge is -1.94. The minimum atomic E-state index is -4.07. The van der Waals surface area contributed by atoms with Gasteiger partial charge in [-0.15, -0.1) is 0 Å². The third kappa shape index (κ3) is 7.87. The Morgan fingerprint density at radius 2 is 2.00 bits per heavy atom. The maximum absolute atomic E-state index is 9.87. The van der Waals surface area contributed by atoms with Crippen LogP contribution in [0.25, 0.3) is 0 Å². The largest absolute Gasteiger partial charge is 0.381 e. The van der Waals surface area contributed by atoms with Crippen LogP contribution in [0.3, 0.4) is 0 Å². The molecular weight excluding hydrogens is 144 g/mol. The summed E-state index contributed by atoms with van der Waals surface area (Å²) in [6.07, 6.45) is 0. The van der Waals surface area contributed by atoms with Gasteiger partial charge in [0.1, 0.15) is 5.75 Å².